The molecule has 0 saturated carbocycles. The fraction of sp³-hybridized carbons (Fsp3) is 0.625. The Hall–Kier alpha value is -0.900. The van der Waals surface area contributed by atoms with E-state index in [4.69, 9.17) is 15.2 Å². The molecule has 0 spiro atoms. The summed E-state index contributed by atoms with van der Waals surface area (Å²) in [6, 6.07) is 10.6. The minimum absolute atomic E-state index is 0.00719. The van der Waals surface area contributed by atoms with Gasteiger partial charge < -0.3 is 15.2 Å². The Morgan fingerprint density at radius 1 is 1.26 bits per heavy atom. The maximum absolute atomic E-state index is 6.48. The van der Waals surface area contributed by atoms with Crippen LogP contribution >= 0.6 is 0 Å². The summed E-state index contributed by atoms with van der Waals surface area (Å²) in [7, 11) is 0. The lowest BCUT2D eigenvalue weighted by Crippen LogP contribution is -2.51. The summed E-state index contributed by atoms with van der Waals surface area (Å²) in [6.45, 7) is 5.11. The first-order valence-electron chi connectivity index (χ1n) is 7.26. The van der Waals surface area contributed by atoms with Gasteiger partial charge in [0, 0.05) is 31.3 Å². The van der Waals surface area contributed by atoms with Crippen molar-refractivity contribution in [3.05, 3.63) is 35.9 Å². The molecule has 106 valence electrons. The molecule has 1 aromatic rings. The summed E-state index contributed by atoms with van der Waals surface area (Å²) in [4.78, 5) is 0. The average molecular weight is 263 g/mol. The maximum atomic E-state index is 6.48. The van der Waals surface area contributed by atoms with Gasteiger partial charge in [-0.1, -0.05) is 37.3 Å². The van der Waals surface area contributed by atoms with E-state index >= 15 is 0 Å². The second kappa shape index (κ2) is 7.04. The molecular formula is C16H25NO2. The predicted octanol–water partition coefficient (Wildman–Crippen LogP) is 2.49. The van der Waals surface area contributed by atoms with Gasteiger partial charge in [0.15, 0.2) is 0 Å². The van der Waals surface area contributed by atoms with Crippen LogP contribution in [0.25, 0.3) is 0 Å². The van der Waals surface area contributed by atoms with Gasteiger partial charge in [0.1, 0.15) is 0 Å². The average Bonchev–Trinajstić information content (AvgIpc) is 2.49. The van der Waals surface area contributed by atoms with Crippen molar-refractivity contribution in [3.63, 3.8) is 0 Å². The zero-order chi connectivity index (χ0) is 13.6. The van der Waals surface area contributed by atoms with Crippen molar-refractivity contribution in [2.24, 2.45) is 5.73 Å². The van der Waals surface area contributed by atoms with Crippen molar-refractivity contribution >= 4 is 0 Å². The molecule has 1 atom stereocenters. The maximum Gasteiger partial charge on any atom is 0.0626 e. The first-order valence-corrected chi connectivity index (χ1v) is 7.26. The van der Waals surface area contributed by atoms with Crippen LogP contribution in [0.3, 0.4) is 0 Å². The van der Waals surface area contributed by atoms with Gasteiger partial charge >= 0.3 is 0 Å². The number of ether oxygens (including phenoxy) is 2. The molecule has 1 aliphatic rings. The van der Waals surface area contributed by atoms with Crippen molar-refractivity contribution in [2.45, 2.75) is 37.6 Å². The van der Waals surface area contributed by atoms with Crippen LogP contribution in [0.1, 0.15) is 31.7 Å². The number of hydrogen-bond acceptors (Lipinski definition) is 3. The molecule has 19 heavy (non-hydrogen) atoms. The third-order valence-corrected chi connectivity index (χ3v) is 4.09. The predicted molar refractivity (Wildman–Crippen MR) is 77.3 cm³/mol. The topological polar surface area (TPSA) is 44.5 Å². The third-order valence-electron chi connectivity index (χ3n) is 4.09. The van der Waals surface area contributed by atoms with Gasteiger partial charge in [-0.15, -0.1) is 0 Å². The summed E-state index contributed by atoms with van der Waals surface area (Å²) in [6.07, 6.45) is 3.00. The van der Waals surface area contributed by atoms with E-state index in [1.54, 1.807) is 0 Å². The number of benzene rings is 1. The van der Waals surface area contributed by atoms with Gasteiger partial charge in [-0.3, -0.25) is 0 Å². The molecule has 2 N–H and O–H groups in total. The molecule has 1 unspecified atom stereocenters. The highest BCUT2D eigenvalue weighted by Gasteiger charge is 2.39. The first-order chi connectivity index (χ1) is 9.29. The largest absolute Gasteiger partial charge is 0.381 e. The Bertz CT molecular complexity index is 360. The summed E-state index contributed by atoms with van der Waals surface area (Å²) < 4.78 is 11.2. The van der Waals surface area contributed by atoms with E-state index in [1.165, 1.54) is 5.56 Å². The van der Waals surface area contributed by atoms with Crippen LogP contribution in [0.2, 0.25) is 0 Å². The molecule has 0 aliphatic carbocycles. The SMILES string of the molecule is CCCOCC(N)C1(c2ccccc2)CCOCC1. The molecule has 1 aromatic carbocycles. The lowest BCUT2D eigenvalue weighted by atomic mass is 9.69. The van der Waals surface area contributed by atoms with Crippen molar-refractivity contribution in [1.82, 2.24) is 0 Å². The zero-order valence-corrected chi connectivity index (χ0v) is 11.8. The normalized spacial score (nSPS) is 20.1. The lowest BCUT2D eigenvalue weighted by molar-refractivity contribution is 0.0187. The number of rotatable bonds is 6. The summed E-state index contributed by atoms with van der Waals surface area (Å²) in [5, 5.41) is 0. The van der Waals surface area contributed by atoms with Crippen LogP contribution < -0.4 is 5.73 Å². The highest BCUT2D eigenvalue weighted by molar-refractivity contribution is 5.28. The number of hydrogen-bond donors (Lipinski definition) is 1. The molecule has 0 aromatic heterocycles. The summed E-state index contributed by atoms with van der Waals surface area (Å²) in [5.74, 6) is 0. The molecule has 2 rings (SSSR count). The smallest absolute Gasteiger partial charge is 0.0626 e. The zero-order valence-electron chi connectivity index (χ0n) is 11.8. The van der Waals surface area contributed by atoms with Crippen molar-refractivity contribution in [3.8, 4) is 0 Å². The molecule has 0 amide bonds. The summed E-state index contributed by atoms with van der Waals surface area (Å²) >= 11 is 0. The Balaban J connectivity index is 2.15. The van der Waals surface area contributed by atoms with Crippen LogP contribution in [-0.4, -0.2) is 32.5 Å². The standard InChI is InChI=1S/C16H25NO2/c1-2-10-19-13-15(17)16(8-11-18-12-9-16)14-6-4-3-5-7-14/h3-7,15H,2,8-13,17H2,1H3. The highest BCUT2D eigenvalue weighted by Crippen LogP contribution is 2.37. The fourth-order valence-electron chi connectivity index (χ4n) is 2.89. The molecule has 1 saturated heterocycles. The Kier molecular flexibility index (Phi) is 5.37. The van der Waals surface area contributed by atoms with E-state index in [0.717, 1.165) is 39.1 Å². The van der Waals surface area contributed by atoms with Gasteiger partial charge in [0.25, 0.3) is 0 Å². The van der Waals surface area contributed by atoms with Crippen molar-refractivity contribution in [1.29, 1.82) is 0 Å². The quantitative estimate of drug-likeness (QED) is 0.802. The molecular weight excluding hydrogens is 238 g/mol. The molecule has 0 bridgehead atoms. The fourth-order valence-corrected chi connectivity index (χ4v) is 2.89. The second-order valence-corrected chi connectivity index (χ2v) is 5.32. The van der Waals surface area contributed by atoms with Gasteiger partial charge in [-0.2, -0.15) is 0 Å². The molecule has 1 aliphatic heterocycles. The van der Waals surface area contributed by atoms with Crippen LogP contribution in [0, 0.1) is 0 Å². The van der Waals surface area contributed by atoms with E-state index in [2.05, 4.69) is 37.3 Å². The molecule has 1 fully saturated rings. The van der Waals surface area contributed by atoms with Gasteiger partial charge in [-0.05, 0) is 24.8 Å². The third kappa shape index (κ3) is 3.35. The summed E-state index contributed by atoms with van der Waals surface area (Å²) in [5.41, 5.74) is 7.81. The lowest BCUT2D eigenvalue weighted by Gasteiger charge is -2.42. The van der Waals surface area contributed by atoms with Crippen molar-refractivity contribution in [2.75, 3.05) is 26.4 Å². The van der Waals surface area contributed by atoms with Crippen LogP contribution in [0.5, 0.6) is 0 Å². The Morgan fingerprint density at radius 2 is 1.95 bits per heavy atom. The van der Waals surface area contributed by atoms with Gasteiger partial charge in [0.05, 0.1) is 6.61 Å². The van der Waals surface area contributed by atoms with Gasteiger partial charge in [-0.25, -0.2) is 0 Å². The Labute approximate surface area is 116 Å². The molecule has 1 heterocycles. The van der Waals surface area contributed by atoms with Crippen LogP contribution in [0.4, 0.5) is 0 Å². The van der Waals surface area contributed by atoms with E-state index in [1.807, 2.05) is 0 Å². The minimum atomic E-state index is 0.00719. The molecule has 0 radical (unpaired) electrons. The van der Waals surface area contributed by atoms with Crippen molar-refractivity contribution < 1.29 is 9.47 Å². The Morgan fingerprint density at radius 3 is 2.58 bits per heavy atom. The second-order valence-electron chi connectivity index (χ2n) is 5.32. The van der Waals surface area contributed by atoms with Crippen LogP contribution in [-0.2, 0) is 14.9 Å². The first kappa shape index (κ1) is 14.5. The molecule has 3 nitrogen and oxygen atoms in total. The molecule has 3 heteroatoms. The van der Waals surface area contributed by atoms with E-state index < -0.39 is 0 Å². The highest BCUT2D eigenvalue weighted by atomic mass is 16.5. The van der Waals surface area contributed by atoms with Gasteiger partial charge in [0.2, 0.25) is 0 Å². The van der Waals surface area contributed by atoms with Crippen LogP contribution in [0.15, 0.2) is 30.3 Å². The monoisotopic (exact) mass is 263 g/mol. The minimum Gasteiger partial charge on any atom is -0.381 e. The van der Waals surface area contributed by atoms with E-state index in [9.17, 15) is 0 Å². The van der Waals surface area contributed by atoms with E-state index in [0.29, 0.717) is 6.61 Å². The number of nitrogens with two attached hydrogens (primary N) is 1. The van der Waals surface area contributed by atoms with E-state index in [-0.39, 0.29) is 11.5 Å².